The summed E-state index contributed by atoms with van der Waals surface area (Å²) in [5.41, 5.74) is 1.24. The summed E-state index contributed by atoms with van der Waals surface area (Å²) < 4.78 is 17.7. The molecule has 200 valence electrons. The van der Waals surface area contributed by atoms with Gasteiger partial charge < -0.3 is 19.3 Å². The Balaban J connectivity index is 1.85. The van der Waals surface area contributed by atoms with Crippen LogP contribution in [0.25, 0.3) is 0 Å². The fraction of sp³-hybridized carbons (Fsp3) is 0.226. The van der Waals surface area contributed by atoms with Gasteiger partial charge in [-0.15, -0.1) is 0 Å². The first-order chi connectivity index (χ1) is 18.9. The van der Waals surface area contributed by atoms with E-state index >= 15 is 0 Å². The van der Waals surface area contributed by atoms with Crippen molar-refractivity contribution in [2.24, 2.45) is 0 Å². The summed E-state index contributed by atoms with van der Waals surface area (Å²) in [6.45, 7) is 3.32. The molecule has 0 spiro atoms. The summed E-state index contributed by atoms with van der Waals surface area (Å²) in [4.78, 5) is 34.8. The third-order valence-corrected chi connectivity index (χ3v) is 6.33. The number of benzene rings is 3. The molecule has 0 bridgehead atoms. The van der Waals surface area contributed by atoms with Gasteiger partial charge in [-0.1, -0.05) is 85.8 Å². The highest BCUT2D eigenvalue weighted by molar-refractivity contribution is 5.97. The number of nitrogens with zero attached hydrogens (tertiary/aromatic N) is 2. The fourth-order valence-corrected chi connectivity index (χ4v) is 4.39. The number of aromatic nitrogens is 2. The number of Topliss-reactive ketones (excluding diaryl/α,β-unsaturated/α-hetero) is 1. The Morgan fingerprint density at radius 1 is 0.897 bits per heavy atom. The number of hydrogen-bond donors (Lipinski definition) is 1. The SMILES string of the molecule is CCc1cccc(C(=O)COC(c2ccccc2)(c2ccccc2)C(Oc2nc(C)cc(OC)n2)C(=O)O)c1. The molecule has 0 aliphatic carbocycles. The van der Waals surface area contributed by atoms with Gasteiger partial charge in [0.1, 0.15) is 6.61 Å². The van der Waals surface area contributed by atoms with Gasteiger partial charge in [-0.05, 0) is 36.1 Å². The van der Waals surface area contributed by atoms with Gasteiger partial charge in [0.05, 0.1) is 7.11 Å². The molecule has 0 saturated heterocycles. The zero-order valence-corrected chi connectivity index (χ0v) is 22.0. The minimum Gasteiger partial charge on any atom is -0.481 e. The molecular weight excluding hydrogens is 496 g/mol. The second kappa shape index (κ2) is 12.3. The van der Waals surface area contributed by atoms with Gasteiger partial charge in [0.15, 0.2) is 11.4 Å². The predicted molar refractivity (Wildman–Crippen MR) is 145 cm³/mol. The van der Waals surface area contributed by atoms with Gasteiger partial charge in [0.25, 0.3) is 0 Å². The minimum absolute atomic E-state index is 0.193. The van der Waals surface area contributed by atoms with Crippen LogP contribution in [0.5, 0.6) is 11.9 Å². The van der Waals surface area contributed by atoms with E-state index in [9.17, 15) is 14.7 Å². The molecule has 0 aliphatic rings. The van der Waals surface area contributed by atoms with E-state index in [0.29, 0.717) is 22.4 Å². The zero-order chi connectivity index (χ0) is 27.8. The summed E-state index contributed by atoms with van der Waals surface area (Å²) in [7, 11) is 1.45. The summed E-state index contributed by atoms with van der Waals surface area (Å²) in [5.74, 6) is -1.40. The van der Waals surface area contributed by atoms with Crippen LogP contribution in [0.4, 0.5) is 0 Å². The lowest BCUT2D eigenvalue weighted by molar-refractivity contribution is -0.162. The Morgan fingerprint density at radius 3 is 2.10 bits per heavy atom. The van der Waals surface area contributed by atoms with Crippen molar-refractivity contribution in [2.45, 2.75) is 32.0 Å². The Hall–Kier alpha value is -4.56. The van der Waals surface area contributed by atoms with Crippen LogP contribution in [0.15, 0.2) is 91.0 Å². The molecule has 1 atom stereocenters. The van der Waals surface area contributed by atoms with Gasteiger partial charge in [-0.2, -0.15) is 4.98 Å². The average molecular weight is 527 g/mol. The highest BCUT2D eigenvalue weighted by Crippen LogP contribution is 2.39. The topological polar surface area (TPSA) is 108 Å². The van der Waals surface area contributed by atoms with Crippen LogP contribution in [-0.2, 0) is 21.6 Å². The van der Waals surface area contributed by atoms with E-state index in [1.165, 1.54) is 7.11 Å². The monoisotopic (exact) mass is 526 g/mol. The average Bonchev–Trinajstić information content (AvgIpc) is 2.97. The molecular formula is C31H30N2O6. The zero-order valence-electron chi connectivity index (χ0n) is 22.0. The van der Waals surface area contributed by atoms with E-state index in [-0.39, 0.29) is 17.7 Å². The number of carbonyl (C=O) groups excluding carboxylic acids is 1. The lowest BCUT2D eigenvalue weighted by atomic mass is 9.81. The van der Waals surface area contributed by atoms with Gasteiger partial charge in [0.2, 0.25) is 12.0 Å². The molecule has 0 saturated carbocycles. The summed E-state index contributed by atoms with van der Waals surface area (Å²) in [6.07, 6.45) is -0.905. The molecule has 0 amide bonds. The van der Waals surface area contributed by atoms with E-state index in [1.807, 2.05) is 37.3 Å². The number of hydrogen-bond acceptors (Lipinski definition) is 7. The van der Waals surface area contributed by atoms with Crippen LogP contribution < -0.4 is 9.47 Å². The summed E-state index contributed by atoms with van der Waals surface area (Å²) in [6, 6.07) is 26.4. The molecule has 0 fully saturated rings. The second-order valence-corrected chi connectivity index (χ2v) is 8.90. The number of aryl methyl sites for hydroxylation is 2. The number of ketones is 1. The molecule has 1 unspecified atom stereocenters. The lowest BCUT2D eigenvalue weighted by Gasteiger charge is -2.38. The first-order valence-electron chi connectivity index (χ1n) is 12.5. The number of ether oxygens (including phenoxy) is 3. The molecule has 4 aromatic rings. The normalized spacial score (nSPS) is 12.0. The maximum Gasteiger partial charge on any atom is 0.348 e. The molecule has 1 N–H and O–H groups in total. The molecule has 3 aromatic carbocycles. The van der Waals surface area contributed by atoms with Gasteiger partial charge in [-0.25, -0.2) is 9.78 Å². The van der Waals surface area contributed by atoms with Crippen molar-refractivity contribution in [1.29, 1.82) is 0 Å². The molecule has 1 heterocycles. The molecule has 8 nitrogen and oxygen atoms in total. The Labute approximate surface area is 227 Å². The van der Waals surface area contributed by atoms with Crippen molar-refractivity contribution in [3.63, 3.8) is 0 Å². The van der Waals surface area contributed by atoms with Crippen molar-refractivity contribution in [3.8, 4) is 11.9 Å². The second-order valence-electron chi connectivity index (χ2n) is 8.90. The van der Waals surface area contributed by atoms with Crippen molar-refractivity contribution in [2.75, 3.05) is 13.7 Å². The van der Waals surface area contributed by atoms with Crippen molar-refractivity contribution >= 4 is 11.8 Å². The van der Waals surface area contributed by atoms with Crippen molar-refractivity contribution in [3.05, 3.63) is 119 Å². The van der Waals surface area contributed by atoms with Crippen LogP contribution >= 0.6 is 0 Å². The van der Waals surface area contributed by atoms with Gasteiger partial charge in [0, 0.05) is 17.3 Å². The highest BCUT2D eigenvalue weighted by Gasteiger charge is 2.50. The highest BCUT2D eigenvalue weighted by atomic mass is 16.6. The molecule has 4 rings (SSSR count). The smallest absolute Gasteiger partial charge is 0.348 e. The van der Waals surface area contributed by atoms with E-state index in [0.717, 1.165) is 12.0 Å². The van der Waals surface area contributed by atoms with E-state index < -0.39 is 24.3 Å². The summed E-state index contributed by atoms with van der Waals surface area (Å²) >= 11 is 0. The minimum atomic E-state index is -1.74. The largest absolute Gasteiger partial charge is 0.481 e. The molecule has 0 radical (unpaired) electrons. The van der Waals surface area contributed by atoms with Crippen molar-refractivity contribution < 1.29 is 28.9 Å². The Kier molecular flexibility index (Phi) is 8.68. The Morgan fingerprint density at radius 2 is 1.54 bits per heavy atom. The molecule has 1 aromatic heterocycles. The summed E-state index contributed by atoms with van der Waals surface area (Å²) in [5, 5.41) is 10.6. The molecule has 0 aliphatic heterocycles. The maximum atomic E-state index is 13.3. The van der Waals surface area contributed by atoms with Crippen LogP contribution in [0, 0.1) is 6.92 Å². The van der Waals surface area contributed by atoms with Gasteiger partial charge >= 0.3 is 12.0 Å². The number of carbonyl (C=O) groups is 2. The van der Waals surface area contributed by atoms with Crippen LogP contribution in [0.1, 0.15) is 39.7 Å². The fourth-order valence-electron chi connectivity index (χ4n) is 4.39. The standard InChI is InChI=1S/C31H30N2O6/c1-4-22-12-11-13-23(19-22)26(34)20-38-31(24-14-7-5-8-15-24,25-16-9-6-10-17-25)28(29(35)36)39-30-32-21(2)18-27(33-30)37-3/h5-19,28H,4,20H2,1-3H3,(H,35,36). The lowest BCUT2D eigenvalue weighted by Crippen LogP contribution is -2.52. The molecule has 8 heteroatoms. The number of methoxy groups -OCH3 is 1. The van der Waals surface area contributed by atoms with E-state index in [1.54, 1.807) is 67.6 Å². The van der Waals surface area contributed by atoms with E-state index in [2.05, 4.69) is 9.97 Å². The maximum absolute atomic E-state index is 13.3. The molecule has 39 heavy (non-hydrogen) atoms. The van der Waals surface area contributed by atoms with Crippen LogP contribution in [0.3, 0.4) is 0 Å². The first kappa shape index (κ1) is 27.5. The Bertz CT molecular complexity index is 1390. The predicted octanol–water partition coefficient (Wildman–Crippen LogP) is 5.03. The van der Waals surface area contributed by atoms with Crippen LogP contribution in [0.2, 0.25) is 0 Å². The van der Waals surface area contributed by atoms with Crippen molar-refractivity contribution in [1.82, 2.24) is 9.97 Å². The quantitative estimate of drug-likeness (QED) is 0.256. The number of rotatable bonds is 12. The number of carboxylic acids is 1. The number of carboxylic acid groups (broad SMARTS) is 1. The third kappa shape index (κ3) is 6.13. The third-order valence-electron chi connectivity index (χ3n) is 6.33. The van der Waals surface area contributed by atoms with E-state index in [4.69, 9.17) is 14.2 Å². The van der Waals surface area contributed by atoms with Gasteiger partial charge in [-0.3, -0.25) is 4.79 Å². The number of aliphatic carboxylic acids is 1. The van der Waals surface area contributed by atoms with Crippen LogP contribution in [-0.4, -0.2) is 46.6 Å². The first-order valence-corrected chi connectivity index (χ1v) is 12.5.